The molecule has 0 unspecified atom stereocenters. The molecule has 3 N–H and O–H groups in total. The van der Waals surface area contributed by atoms with Gasteiger partial charge in [-0.3, -0.25) is 4.79 Å². The molecule has 1 fully saturated rings. The van der Waals surface area contributed by atoms with E-state index in [1.807, 2.05) is 12.1 Å². The number of ether oxygens (including phenoxy) is 1. The van der Waals surface area contributed by atoms with Crippen LogP contribution in [0.1, 0.15) is 36.0 Å². The number of anilines is 1. The molecule has 0 saturated heterocycles. The Kier molecular flexibility index (Phi) is 3.53. The van der Waals surface area contributed by atoms with Gasteiger partial charge in [0.1, 0.15) is 6.61 Å². The number of hydrogen-bond donors (Lipinski definition) is 3. The van der Waals surface area contributed by atoms with Crippen LogP contribution < -0.4 is 15.4 Å². The van der Waals surface area contributed by atoms with E-state index in [9.17, 15) is 9.90 Å². The van der Waals surface area contributed by atoms with Gasteiger partial charge in [-0.15, -0.1) is 0 Å². The smallest absolute Gasteiger partial charge is 0.255 e. The maximum atomic E-state index is 12.5. The number of fused-ring (bicyclic) bond motifs is 1. The Morgan fingerprint density at radius 2 is 2.20 bits per heavy atom. The first-order valence-corrected chi connectivity index (χ1v) is 7.17. The van der Waals surface area contributed by atoms with Crippen molar-refractivity contribution in [2.24, 2.45) is 0 Å². The molecule has 0 radical (unpaired) electrons. The standard InChI is InChI=1S/C15H20N2O3/c18-10-15(6-1-2-7-15)17-14(19)11-4-3-5-12-13(11)20-9-8-16-12/h3-5,16,18H,1-2,6-10H2,(H,17,19). The SMILES string of the molecule is O=C(NC1(CO)CCCC1)c1cccc2c1OCCN2. The molecule has 1 aliphatic heterocycles. The topological polar surface area (TPSA) is 70.6 Å². The lowest BCUT2D eigenvalue weighted by Gasteiger charge is -2.29. The van der Waals surface area contributed by atoms with Crippen molar-refractivity contribution in [3.05, 3.63) is 23.8 Å². The van der Waals surface area contributed by atoms with E-state index in [1.165, 1.54) is 0 Å². The summed E-state index contributed by atoms with van der Waals surface area (Å²) in [4.78, 5) is 12.5. The monoisotopic (exact) mass is 276 g/mol. The van der Waals surface area contributed by atoms with Crippen LogP contribution >= 0.6 is 0 Å². The van der Waals surface area contributed by atoms with Crippen molar-refractivity contribution in [1.29, 1.82) is 0 Å². The number of para-hydroxylation sites is 1. The Hall–Kier alpha value is -1.75. The number of aliphatic hydroxyl groups excluding tert-OH is 1. The van der Waals surface area contributed by atoms with Crippen LogP contribution in [0.2, 0.25) is 0 Å². The van der Waals surface area contributed by atoms with Crippen molar-refractivity contribution in [2.75, 3.05) is 25.1 Å². The number of benzene rings is 1. The molecule has 20 heavy (non-hydrogen) atoms. The lowest BCUT2D eigenvalue weighted by molar-refractivity contribution is 0.0834. The van der Waals surface area contributed by atoms with Gasteiger partial charge in [0.15, 0.2) is 5.75 Å². The Balaban J connectivity index is 1.84. The van der Waals surface area contributed by atoms with E-state index < -0.39 is 5.54 Å². The summed E-state index contributed by atoms with van der Waals surface area (Å²) in [6, 6.07) is 5.51. The third kappa shape index (κ3) is 2.33. The summed E-state index contributed by atoms with van der Waals surface area (Å²) in [7, 11) is 0. The highest BCUT2D eigenvalue weighted by molar-refractivity contribution is 5.99. The Bertz CT molecular complexity index is 510. The van der Waals surface area contributed by atoms with Crippen LogP contribution in [0, 0.1) is 0 Å². The van der Waals surface area contributed by atoms with Gasteiger partial charge in [-0.2, -0.15) is 0 Å². The minimum Gasteiger partial charge on any atom is -0.489 e. The fourth-order valence-corrected chi connectivity index (χ4v) is 3.03. The van der Waals surface area contributed by atoms with Crippen LogP contribution in [0.3, 0.4) is 0 Å². The third-order valence-corrected chi connectivity index (χ3v) is 4.17. The molecule has 0 aromatic heterocycles. The van der Waals surface area contributed by atoms with Gasteiger partial charge >= 0.3 is 0 Å². The largest absolute Gasteiger partial charge is 0.489 e. The lowest BCUT2D eigenvalue weighted by atomic mass is 9.98. The highest BCUT2D eigenvalue weighted by Gasteiger charge is 2.35. The normalized spacial score (nSPS) is 19.6. The molecular formula is C15H20N2O3. The second kappa shape index (κ2) is 5.32. The quantitative estimate of drug-likeness (QED) is 0.783. The minimum atomic E-state index is -0.456. The van der Waals surface area contributed by atoms with E-state index in [0.29, 0.717) is 17.9 Å². The average molecular weight is 276 g/mol. The minimum absolute atomic E-state index is 0.00707. The van der Waals surface area contributed by atoms with E-state index in [2.05, 4.69) is 10.6 Å². The van der Waals surface area contributed by atoms with Crippen LogP contribution in [0.15, 0.2) is 18.2 Å². The molecule has 0 spiro atoms. The third-order valence-electron chi connectivity index (χ3n) is 4.17. The summed E-state index contributed by atoms with van der Waals surface area (Å²) in [6.45, 7) is 1.30. The maximum Gasteiger partial charge on any atom is 0.255 e. The first-order valence-electron chi connectivity index (χ1n) is 7.17. The fraction of sp³-hybridized carbons (Fsp3) is 0.533. The van der Waals surface area contributed by atoms with Gasteiger partial charge in [0.25, 0.3) is 5.91 Å². The molecule has 1 aromatic rings. The molecule has 0 bridgehead atoms. The molecule has 2 aliphatic rings. The van der Waals surface area contributed by atoms with Gasteiger partial charge < -0.3 is 20.5 Å². The van der Waals surface area contributed by atoms with E-state index >= 15 is 0 Å². The lowest BCUT2D eigenvalue weighted by Crippen LogP contribution is -2.49. The van der Waals surface area contributed by atoms with Crippen molar-refractivity contribution < 1.29 is 14.6 Å². The molecule has 5 nitrogen and oxygen atoms in total. The number of nitrogens with one attached hydrogen (secondary N) is 2. The predicted octanol–water partition coefficient (Wildman–Crippen LogP) is 1.53. The van der Waals surface area contributed by atoms with Crippen LogP contribution in [0.4, 0.5) is 5.69 Å². The zero-order valence-electron chi connectivity index (χ0n) is 11.4. The number of rotatable bonds is 3. The van der Waals surface area contributed by atoms with Crippen LogP contribution in [0.25, 0.3) is 0 Å². The van der Waals surface area contributed by atoms with Crippen molar-refractivity contribution in [3.63, 3.8) is 0 Å². The van der Waals surface area contributed by atoms with Crippen LogP contribution in [0.5, 0.6) is 5.75 Å². The van der Waals surface area contributed by atoms with Gasteiger partial charge in [0, 0.05) is 6.54 Å². The second-order valence-corrected chi connectivity index (χ2v) is 5.56. The predicted molar refractivity (Wildman–Crippen MR) is 76.2 cm³/mol. The zero-order chi connectivity index (χ0) is 14.0. The van der Waals surface area contributed by atoms with Crippen LogP contribution in [-0.2, 0) is 0 Å². The number of hydrogen-bond acceptors (Lipinski definition) is 4. The molecular weight excluding hydrogens is 256 g/mol. The first kappa shape index (κ1) is 13.2. The van der Waals surface area contributed by atoms with Gasteiger partial charge in [0.2, 0.25) is 0 Å². The molecule has 3 rings (SSSR count). The van der Waals surface area contributed by atoms with E-state index in [-0.39, 0.29) is 12.5 Å². The molecule has 108 valence electrons. The van der Waals surface area contributed by atoms with Crippen molar-refractivity contribution in [2.45, 2.75) is 31.2 Å². The summed E-state index contributed by atoms with van der Waals surface area (Å²) in [5, 5.41) is 15.8. The Labute approximate surface area is 118 Å². The number of aliphatic hydroxyl groups is 1. The van der Waals surface area contributed by atoms with Crippen molar-refractivity contribution in [1.82, 2.24) is 5.32 Å². The highest BCUT2D eigenvalue weighted by atomic mass is 16.5. The average Bonchev–Trinajstić information content (AvgIpc) is 2.95. The number of carbonyl (C=O) groups excluding carboxylic acids is 1. The molecule has 1 aromatic carbocycles. The summed E-state index contributed by atoms with van der Waals surface area (Å²) >= 11 is 0. The Morgan fingerprint density at radius 3 is 2.95 bits per heavy atom. The van der Waals surface area contributed by atoms with Crippen molar-refractivity contribution >= 4 is 11.6 Å². The van der Waals surface area contributed by atoms with E-state index in [4.69, 9.17) is 4.74 Å². The summed E-state index contributed by atoms with van der Waals surface area (Å²) < 4.78 is 5.62. The fourth-order valence-electron chi connectivity index (χ4n) is 3.03. The number of amides is 1. The van der Waals surface area contributed by atoms with Gasteiger partial charge in [-0.1, -0.05) is 18.9 Å². The molecule has 0 atom stereocenters. The van der Waals surface area contributed by atoms with Gasteiger partial charge in [0.05, 0.1) is 23.4 Å². The van der Waals surface area contributed by atoms with Gasteiger partial charge in [-0.25, -0.2) is 0 Å². The molecule has 5 heteroatoms. The zero-order valence-corrected chi connectivity index (χ0v) is 11.4. The molecule has 1 amide bonds. The second-order valence-electron chi connectivity index (χ2n) is 5.56. The first-order chi connectivity index (χ1) is 9.74. The molecule has 1 saturated carbocycles. The Morgan fingerprint density at radius 1 is 1.40 bits per heavy atom. The molecule has 1 aliphatic carbocycles. The summed E-state index contributed by atoms with van der Waals surface area (Å²) in [5.74, 6) is 0.448. The van der Waals surface area contributed by atoms with E-state index in [1.54, 1.807) is 6.07 Å². The van der Waals surface area contributed by atoms with Gasteiger partial charge in [-0.05, 0) is 25.0 Å². The molecule has 1 heterocycles. The summed E-state index contributed by atoms with van der Waals surface area (Å²) in [6.07, 6.45) is 3.77. The summed E-state index contributed by atoms with van der Waals surface area (Å²) in [5.41, 5.74) is 0.935. The number of carbonyl (C=O) groups is 1. The van der Waals surface area contributed by atoms with E-state index in [0.717, 1.165) is 37.9 Å². The van der Waals surface area contributed by atoms with Crippen LogP contribution in [-0.4, -0.2) is 36.3 Å². The maximum absolute atomic E-state index is 12.5. The highest BCUT2D eigenvalue weighted by Crippen LogP contribution is 2.33. The van der Waals surface area contributed by atoms with Crippen molar-refractivity contribution in [3.8, 4) is 5.75 Å².